The minimum atomic E-state index is -1.62. The molecule has 1 aromatic carbocycles. The molecule has 118 valence electrons. The number of nitrogen functional groups attached to an aromatic ring is 1. The Labute approximate surface area is 131 Å². The summed E-state index contributed by atoms with van der Waals surface area (Å²) in [6.45, 7) is 11.7. The Hall–Kier alpha value is -0.803. The van der Waals surface area contributed by atoms with Crippen molar-refractivity contribution in [2.24, 2.45) is 0 Å². The van der Waals surface area contributed by atoms with Gasteiger partial charge in [-0.1, -0.05) is 32.9 Å². The molecule has 1 aromatic rings. The van der Waals surface area contributed by atoms with Gasteiger partial charge in [-0.3, -0.25) is 0 Å². The molecule has 0 atom stereocenters. The first-order valence-electron chi connectivity index (χ1n) is 8.22. The zero-order valence-electron chi connectivity index (χ0n) is 14.3. The van der Waals surface area contributed by atoms with Crippen molar-refractivity contribution in [2.75, 3.05) is 5.73 Å². The Morgan fingerprint density at radius 3 is 2.00 bits per heavy atom. The third-order valence-corrected chi connectivity index (χ3v) is 9.88. The van der Waals surface area contributed by atoms with Crippen LogP contribution >= 0.6 is 0 Å². The van der Waals surface area contributed by atoms with Crippen molar-refractivity contribution >= 4 is 14.0 Å². The van der Waals surface area contributed by atoms with Crippen LogP contribution in [0.4, 0.5) is 5.69 Å². The van der Waals surface area contributed by atoms with Gasteiger partial charge in [-0.25, -0.2) is 0 Å². The summed E-state index contributed by atoms with van der Waals surface area (Å²) in [4.78, 5) is 0. The predicted molar refractivity (Wildman–Crippen MR) is 94.1 cm³/mol. The van der Waals surface area contributed by atoms with E-state index in [2.05, 4.69) is 46.0 Å². The average Bonchev–Trinajstić information content (AvgIpc) is 2.39. The number of anilines is 1. The Balaban J connectivity index is 1.90. The fourth-order valence-electron chi connectivity index (χ4n) is 2.88. The van der Waals surface area contributed by atoms with E-state index in [0.29, 0.717) is 17.1 Å². The van der Waals surface area contributed by atoms with Crippen molar-refractivity contribution in [2.45, 2.75) is 76.6 Å². The second-order valence-electron chi connectivity index (χ2n) is 8.02. The van der Waals surface area contributed by atoms with E-state index < -0.39 is 8.32 Å². The van der Waals surface area contributed by atoms with Gasteiger partial charge in [0.2, 0.25) is 0 Å². The molecule has 0 aromatic heterocycles. The second-order valence-corrected chi connectivity index (χ2v) is 12.8. The lowest BCUT2D eigenvalue weighted by atomic mass is 9.83. The van der Waals surface area contributed by atoms with Gasteiger partial charge in [-0.05, 0) is 67.4 Å². The van der Waals surface area contributed by atoms with Crippen LogP contribution < -0.4 is 5.73 Å². The Bertz CT molecular complexity index is 453. The van der Waals surface area contributed by atoms with Crippen LogP contribution in [0.2, 0.25) is 18.1 Å². The van der Waals surface area contributed by atoms with Crippen LogP contribution in [0, 0.1) is 0 Å². The first kappa shape index (κ1) is 16.6. The highest BCUT2D eigenvalue weighted by atomic mass is 28.4. The smallest absolute Gasteiger partial charge is 0.192 e. The predicted octanol–water partition coefficient (Wildman–Crippen LogP) is 5.32. The molecule has 0 radical (unpaired) electrons. The van der Waals surface area contributed by atoms with Gasteiger partial charge in [0.15, 0.2) is 8.32 Å². The second kappa shape index (κ2) is 6.13. The molecule has 1 aliphatic rings. The molecule has 0 aliphatic heterocycles. The zero-order valence-corrected chi connectivity index (χ0v) is 15.3. The summed E-state index contributed by atoms with van der Waals surface area (Å²) in [5.74, 6) is 0.685. The maximum Gasteiger partial charge on any atom is 0.192 e. The van der Waals surface area contributed by atoms with Crippen molar-refractivity contribution in [3.8, 4) is 0 Å². The summed E-state index contributed by atoms with van der Waals surface area (Å²) in [6, 6.07) is 8.42. The highest BCUT2D eigenvalue weighted by Gasteiger charge is 2.39. The van der Waals surface area contributed by atoms with E-state index in [9.17, 15) is 0 Å². The number of hydrogen-bond donors (Lipinski definition) is 1. The molecule has 2 N–H and O–H groups in total. The van der Waals surface area contributed by atoms with Crippen molar-refractivity contribution in [3.63, 3.8) is 0 Å². The molecule has 0 unspecified atom stereocenters. The van der Waals surface area contributed by atoms with Crippen LogP contribution in [-0.4, -0.2) is 14.4 Å². The first-order valence-corrected chi connectivity index (χ1v) is 11.1. The lowest BCUT2D eigenvalue weighted by molar-refractivity contribution is 0.130. The van der Waals surface area contributed by atoms with Gasteiger partial charge in [0.05, 0.1) is 0 Å². The molecule has 0 heterocycles. The number of benzene rings is 1. The van der Waals surface area contributed by atoms with Gasteiger partial charge < -0.3 is 10.2 Å². The highest BCUT2D eigenvalue weighted by Crippen LogP contribution is 2.41. The van der Waals surface area contributed by atoms with Gasteiger partial charge in [0.25, 0.3) is 0 Å². The first-order chi connectivity index (χ1) is 9.69. The SMILES string of the molecule is CC(C)(C)[Si](C)(C)OC1CCC(c2ccc(N)cc2)CC1. The maximum atomic E-state index is 6.57. The van der Waals surface area contributed by atoms with Crippen molar-refractivity contribution in [3.05, 3.63) is 29.8 Å². The summed E-state index contributed by atoms with van der Waals surface area (Å²) in [6.07, 6.45) is 5.34. The van der Waals surface area contributed by atoms with Gasteiger partial charge in [0, 0.05) is 11.8 Å². The molecule has 2 nitrogen and oxygen atoms in total. The topological polar surface area (TPSA) is 35.2 Å². The molecular formula is C18H31NOSi. The zero-order chi connectivity index (χ0) is 15.7. The molecule has 0 amide bonds. The average molecular weight is 306 g/mol. The lowest BCUT2D eigenvalue weighted by Crippen LogP contribution is -2.44. The number of nitrogens with two attached hydrogens (primary N) is 1. The van der Waals surface area contributed by atoms with E-state index in [1.54, 1.807) is 0 Å². The van der Waals surface area contributed by atoms with E-state index >= 15 is 0 Å². The van der Waals surface area contributed by atoms with Gasteiger partial charge in [-0.15, -0.1) is 0 Å². The molecular weight excluding hydrogens is 274 g/mol. The molecule has 0 saturated heterocycles. The molecule has 0 bridgehead atoms. The summed E-state index contributed by atoms with van der Waals surface area (Å²) < 4.78 is 6.57. The maximum absolute atomic E-state index is 6.57. The number of hydrogen-bond acceptors (Lipinski definition) is 2. The Kier molecular flexibility index (Phi) is 4.84. The van der Waals surface area contributed by atoms with Crippen molar-refractivity contribution in [1.29, 1.82) is 0 Å². The van der Waals surface area contributed by atoms with E-state index in [0.717, 1.165) is 5.69 Å². The Morgan fingerprint density at radius 2 is 1.52 bits per heavy atom. The molecule has 1 saturated carbocycles. The minimum Gasteiger partial charge on any atom is -0.414 e. The monoisotopic (exact) mass is 305 g/mol. The summed E-state index contributed by atoms with van der Waals surface area (Å²) in [5, 5.41) is 0.306. The molecule has 21 heavy (non-hydrogen) atoms. The van der Waals surface area contributed by atoms with Crippen LogP contribution in [0.3, 0.4) is 0 Å². The van der Waals surface area contributed by atoms with Crippen LogP contribution in [-0.2, 0) is 4.43 Å². The summed E-state index contributed by atoms with van der Waals surface area (Å²) >= 11 is 0. The Morgan fingerprint density at radius 1 is 1.00 bits per heavy atom. The summed E-state index contributed by atoms with van der Waals surface area (Å²) in [7, 11) is -1.62. The van der Waals surface area contributed by atoms with Crippen LogP contribution in [0.15, 0.2) is 24.3 Å². The van der Waals surface area contributed by atoms with E-state index in [1.165, 1.54) is 31.2 Å². The summed E-state index contributed by atoms with van der Waals surface area (Å²) in [5.41, 5.74) is 8.07. The van der Waals surface area contributed by atoms with Crippen LogP contribution in [0.25, 0.3) is 0 Å². The minimum absolute atomic E-state index is 0.306. The van der Waals surface area contributed by atoms with E-state index in [4.69, 9.17) is 10.2 Å². The quantitative estimate of drug-likeness (QED) is 0.606. The third kappa shape index (κ3) is 4.10. The molecule has 1 aliphatic carbocycles. The highest BCUT2D eigenvalue weighted by molar-refractivity contribution is 6.74. The standard InChI is InChI=1S/C18H31NOSi/c1-18(2,3)21(4,5)20-17-12-8-15(9-13-17)14-6-10-16(19)11-7-14/h6-7,10-11,15,17H,8-9,12-13,19H2,1-5H3. The van der Waals surface area contributed by atoms with Gasteiger partial charge in [0.1, 0.15) is 0 Å². The fourth-order valence-corrected chi connectivity index (χ4v) is 4.30. The fraction of sp³-hybridized carbons (Fsp3) is 0.667. The molecule has 2 rings (SSSR count). The van der Waals surface area contributed by atoms with Gasteiger partial charge in [-0.2, -0.15) is 0 Å². The van der Waals surface area contributed by atoms with Crippen LogP contribution in [0.1, 0.15) is 57.9 Å². The molecule has 0 spiro atoms. The van der Waals surface area contributed by atoms with E-state index in [-0.39, 0.29) is 0 Å². The van der Waals surface area contributed by atoms with Crippen molar-refractivity contribution < 1.29 is 4.43 Å². The third-order valence-electron chi connectivity index (χ3n) is 5.35. The van der Waals surface area contributed by atoms with Crippen molar-refractivity contribution in [1.82, 2.24) is 0 Å². The van der Waals surface area contributed by atoms with Gasteiger partial charge >= 0.3 is 0 Å². The largest absolute Gasteiger partial charge is 0.414 e. The lowest BCUT2D eigenvalue weighted by Gasteiger charge is -2.41. The normalized spacial score (nSPS) is 24.0. The molecule has 3 heteroatoms. The van der Waals surface area contributed by atoms with E-state index in [1.807, 2.05) is 12.1 Å². The van der Waals surface area contributed by atoms with Crippen LogP contribution in [0.5, 0.6) is 0 Å². The number of rotatable bonds is 3. The molecule has 1 fully saturated rings.